The molecule has 0 atom stereocenters. The quantitative estimate of drug-likeness (QED) is 0.778. The molecule has 0 saturated heterocycles. The zero-order valence-corrected chi connectivity index (χ0v) is 7.25. The molecule has 0 aliphatic heterocycles. The molecule has 0 saturated carbocycles. The average molecular weight is 183 g/mol. The highest BCUT2D eigenvalue weighted by molar-refractivity contribution is 5.85. The SMILES string of the molecule is CCCc1cnc(C(=O)O)c(F)c1. The van der Waals surface area contributed by atoms with Gasteiger partial charge in [-0.1, -0.05) is 13.3 Å². The zero-order chi connectivity index (χ0) is 9.84. The molecule has 0 aromatic carbocycles. The highest BCUT2D eigenvalue weighted by Gasteiger charge is 2.11. The van der Waals surface area contributed by atoms with Gasteiger partial charge in [0.15, 0.2) is 11.5 Å². The van der Waals surface area contributed by atoms with Gasteiger partial charge in [0.2, 0.25) is 0 Å². The van der Waals surface area contributed by atoms with Crippen molar-refractivity contribution in [1.82, 2.24) is 4.98 Å². The van der Waals surface area contributed by atoms with Crippen LogP contribution >= 0.6 is 0 Å². The van der Waals surface area contributed by atoms with E-state index in [1.807, 2.05) is 6.92 Å². The summed E-state index contributed by atoms with van der Waals surface area (Å²) >= 11 is 0. The van der Waals surface area contributed by atoms with Gasteiger partial charge in [0.25, 0.3) is 0 Å². The van der Waals surface area contributed by atoms with Gasteiger partial charge in [-0.3, -0.25) is 0 Å². The van der Waals surface area contributed by atoms with Crippen LogP contribution in [0.15, 0.2) is 12.3 Å². The second-order valence-corrected chi connectivity index (χ2v) is 2.73. The van der Waals surface area contributed by atoms with Gasteiger partial charge in [-0.15, -0.1) is 0 Å². The van der Waals surface area contributed by atoms with Gasteiger partial charge in [-0.2, -0.15) is 0 Å². The number of aromatic carboxylic acids is 1. The zero-order valence-electron chi connectivity index (χ0n) is 7.25. The lowest BCUT2D eigenvalue weighted by atomic mass is 10.1. The van der Waals surface area contributed by atoms with E-state index in [0.717, 1.165) is 12.0 Å². The molecule has 4 heteroatoms. The lowest BCUT2D eigenvalue weighted by Crippen LogP contribution is -2.04. The Hall–Kier alpha value is -1.45. The number of nitrogens with zero attached hydrogens (tertiary/aromatic N) is 1. The normalized spacial score (nSPS) is 10.0. The standard InChI is InChI=1S/C9H10FNO2/c1-2-3-6-4-7(10)8(9(12)13)11-5-6/h4-5H,2-3H2,1H3,(H,12,13). The van der Waals surface area contributed by atoms with Crippen molar-refractivity contribution in [3.05, 3.63) is 29.3 Å². The smallest absolute Gasteiger partial charge is 0.357 e. The number of aromatic nitrogens is 1. The number of pyridine rings is 1. The summed E-state index contributed by atoms with van der Waals surface area (Å²) in [6.07, 6.45) is 2.99. The van der Waals surface area contributed by atoms with E-state index in [1.165, 1.54) is 12.3 Å². The minimum Gasteiger partial charge on any atom is -0.476 e. The van der Waals surface area contributed by atoms with E-state index in [9.17, 15) is 9.18 Å². The molecular formula is C9H10FNO2. The van der Waals surface area contributed by atoms with Crippen molar-refractivity contribution in [2.24, 2.45) is 0 Å². The van der Waals surface area contributed by atoms with Crippen LogP contribution in [0.4, 0.5) is 4.39 Å². The maximum Gasteiger partial charge on any atom is 0.357 e. The van der Waals surface area contributed by atoms with Crippen molar-refractivity contribution in [2.75, 3.05) is 0 Å². The molecule has 0 radical (unpaired) electrons. The Kier molecular flexibility index (Phi) is 2.95. The molecule has 0 fully saturated rings. The summed E-state index contributed by atoms with van der Waals surface area (Å²) in [5.41, 5.74) is 0.213. The Bertz CT molecular complexity index is 325. The number of rotatable bonds is 3. The van der Waals surface area contributed by atoms with Gasteiger partial charge >= 0.3 is 5.97 Å². The van der Waals surface area contributed by atoms with Gasteiger partial charge < -0.3 is 5.11 Å². The van der Waals surface area contributed by atoms with Crippen LogP contribution in [0.3, 0.4) is 0 Å². The van der Waals surface area contributed by atoms with Crippen LogP contribution in [-0.2, 0) is 6.42 Å². The number of carboxylic acids is 1. The summed E-state index contributed by atoms with van der Waals surface area (Å²) in [5, 5.41) is 8.48. The maximum atomic E-state index is 13.0. The summed E-state index contributed by atoms with van der Waals surface area (Å²) in [6.45, 7) is 1.96. The Balaban J connectivity index is 2.98. The number of carboxylic acid groups (broad SMARTS) is 1. The van der Waals surface area contributed by atoms with Crippen molar-refractivity contribution in [1.29, 1.82) is 0 Å². The summed E-state index contributed by atoms with van der Waals surface area (Å²) in [4.78, 5) is 13.9. The fourth-order valence-electron chi connectivity index (χ4n) is 1.06. The molecule has 0 spiro atoms. The molecule has 0 bridgehead atoms. The van der Waals surface area contributed by atoms with Crippen LogP contribution in [-0.4, -0.2) is 16.1 Å². The topological polar surface area (TPSA) is 50.2 Å². The maximum absolute atomic E-state index is 13.0. The van der Waals surface area contributed by atoms with Crippen LogP contribution in [0.25, 0.3) is 0 Å². The summed E-state index contributed by atoms with van der Waals surface area (Å²) in [6, 6.07) is 1.22. The summed E-state index contributed by atoms with van der Waals surface area (Å²) in [7, 11) is 0. The molecule has 1 aromatic heterocycles. The van der Waals surface area contributed by atoms with E-state index in [1.54, 1.807) is 0 Å². The first-order chi connectivity index (χ1) is 6.15. The first-order valence-electron chi connectivity index (χ1n) is 4.03. The third-order valence-corrected chi connectivity index (χ3v) is 1.64. The molecule has 3 nitrogen and oxygen atoms in total. The number of carbonyl (C=O) groups is 1. The molecular weight excluding hydrogens is 173 g/mol. The van der Waals surface area contributed by atoms with Crippen molar-refractivity contribution < 1.29 is 14.3 Å². The van der Waals surface area contributed by atoms with Crippen LogP contribution in [0.1, 0.15) is 29.4 Å². The minimum atomic E-state index is -1.33. The molecule has 0 amide bonds. The van der Waals surface area contributed by atoms with E-state index >= 15 is 0 Å². The van der Waals surface area contributed by atoms with Crippen LogP contribution < -0.4 is 0 Å². The van der Waals surface area contributed by atoms with Gasteiger partial charge in [0.05, 0.1) is 0 Å². The van der Waals surface area contributed by atoms with E-state index < -0.39 is 17.5 Å². The molecule has 0 aliphatic rings. The fraction of sp³-hybridized carbons (Fsp3) is 0.333. The molecule has 0 aliphatic carbocycles. The van der Waals surface area contributed by atoms with Crippen molar-refractivity contribution in [3.63, 3.8) is 0 Å². The van der Waals surface area contributed by atoms with Crippen molar-refractivity contribution in [3.8, 4) is 0 Å². The van der Waals surface area contributed by atoms with Gasteiger partial charge in [-0.05, 0) is 18.1 Å². The third-order valence-electron chi connectivity index (χ3n) is 1.64. The van der Waals surface area contributed by atoms with Gasteiger partial charge in [-0.25, -0.2) is 14.2 Å². The van der Waals surface area contributed by atoms with Crippen LogP contribution in [0.2, 0.25) is 0 Å². The van der Waals surface area contributed by atoms with E-state index in [4.69, 9.17) is 5.11 Å². The molecule has 70 valence electrons. The molecule has 1 rings (SSSR count). The van der Waals surface area contributed by atoms with Crippen molar-refractivity contribution >= 4 is 5.97 Å². The van der Waals surface area contributed by atoms with E-state index in [-0.39, 0.29) is 0 Å². The predicted octanol–water partition coefficient (Wildman–Crippen LogP) is 1.87. The second-order valence-electron chi connectivity index (χ2n) is 2.73. The molecule has 1 aromatic rings. The first kappa shape index (κ1) is 9.64. The Morgan fingerprint density at radius 2 is 2.38 bits per heavy atom. The average Bonchev–Trinajstić information content (AvgIpc) is 2.04. The number of aryl methyl sites for hydroxylation is 1. The van der Waals surface area contributed by atoms with Crippen LogP contribution in [0, 0.1) is 5.82 Å². The van der Waals surface area contributed by atoms with E-state index in [0.29, 0.717) is 6.42 Å². The Labute approximate surface area is 75.2 Å². The first-order valence-corrected chi connectivity index (χ1v) is 4.03. The number of hydrogen-bond acceptors (Lipinski definition) is 2. The van der Waals surface area contributed by atoms with E-state index in [2.05, 4.69) is 4.98 Å². The highest BCUT2D eigenvalue weighted by atomic mass is 19.1. The second kappa shape index (κ2) is 3.98. The van der Waals surface area contributed by atoms with Crippen LogP contribution in [0.5, 0.6) is 0 Å². The Morgan fingerprint density at radius 1 is 1.69 bits per heavy atom. The molecule has 1 heterocycles. The largest absolute Gasteiger partial charge is 0.476 e. The highest BCUT2D eigenvalue weighted by Crippen LogP contribution is 2.08. The number of halogens is 1. The summed E-state index contributed by atoms with van der Waals surface area (Å²) < 4.78 is 13.0. The van der Waals surface area contributed by atoms with Crippen molar-refractivity contribution in [2.45, 2.75) is 19.8 Å². The predicted molar refractivity (Wildman–Crippen MR) is 45.1 cm³/mol. The monoisotopic (exact) mass is 183 g/mol. The molecule has 0 unspecified atom stereocenters. The third kappa shape index (κ3) is 2.24. The van der Waals surface area contributed by atoms with Gasteiger partial charge in [0, 0.05) is 6.20 Å². The lowest BCUT2D eigenvalue weighted by molar-refractivity contribution is 0.0685. The minimum absolute atomic E-state index is 0.514. The number of hydrogen-bond donors (Lipinski definition) is 1. The van der Waals surface area contributed by atoms with Gasteiger partial charge in [0.1, 0.15) is 0 Å². The fourth-order valence-corrected chi connectivity index (χ4v) is 1.06. The Morgan fingerprint density at radius 3 is 2.85 bits per heavy atom. The molecule has 13 heavy (non-hydrogen) atoms. The summed E-state index contributed by atoms with van der Waals surface area (Å²) in [5.74, 6) is -2.10. The molecule has 1 N–H and O–H groups in total. The lowest BCUT2D eigenvalue weighted by Gasteiger charge is -2.00.